The van der Waals surface area contributed by atoms with Gasteiger partial charge in [-0.15, -0.1) is 0 Å². The molecule has 0 saturated carbocycles. The van der Waals surface area contributed by atoms with E-state index in [1.165, 1.54) is 44.5 Å². The van der Waals surface area contributed by atoms with Crippen molar-refractivity contribution in [1.82, 2.24) is 19.5 Å². The van der Waals surface area contributed by atoms with Gasteiger partial charge in [0.1, 0.15) is 0 Å². The monoisotopic (exact) mass is 940 g/mol. The van der Waals surface area contributed by atoms with Crippen LogP contribution < -0.4 is 0 Å². The Morgan fingerprint density at radius 3 is 1.05 bits per heavy atom. The first kappa shape index (κ1) is 42.0. The molecule has 0 atom stereocenters. The van der Waals surface area contributed by atoms with Gasteiger partial charge in [0, 0.05) is 21.9 Å². The highest BCUT2D eigenvalue weighted by molar-refractivity contribution is 6.12. The Kier molecular flexibility index (Phi) is 9.45. The summed E-state index contributed by atoms with van der Waals surface area (Å²) in [7, 11) is 0. The first-order valence-corrected chi connectivity index (χ1v) is 25.3. The number of para-hydroxylation sites is 1. The van der Waals surface area contributed by atoms with E-state index in [-0.39, 0.29) is 0 Å². The molecule has 1 spiro atoms. The summed E-state index contributed by atoms with van der Waals surface area (Å²) in [4.78, 5) is 16.8. The van der Waals surface area contributed by atoms with Crippen LogP contribution in [0.3, 0.4) is 0 Å². The Bertz CT molecular complexity index is 4040. The summed E-state index contributed by atoms with van der Waals surface area (Å²) in [6.07, 6.45) is 0. The van der Waals surface area contributed by atoms with Crippen molar-refractivity contribution in [2.24, 2.45) is 0 Å². The number of hydrogen-bond acceptors (Lipinski definition) is 3. The largest absolute Gasteiger partial charge is 0.278 e. The normalized spacial score (nSPS) is 12.7. The van der Waals surface area contributed by atoms with Gasteiger partial charge >= 0.3 is 0 Å². The molecule has 4 heteroatoms. The van der Waals surface area contributed by atoms with Gasteiger partial charge in [0.25, 0.3) is 0 Å². The number of benzene rings is 11. The van der Waals surface area contributed by atoms with Crippen LogP contribution in [0, 0.1) is 0 Å². The second-order valence-corrected chi connectivity index (χ2v) is 19.5. The summed E-state index contributed by atoms with van der Waals surface area (Å²) >= 11 is 0. The van der Waals surface area contributed by atoms with Crippen molar-refractivity contribution in [1.29, 1.82) is 0 Å². The fourth-order valence-electron chi connectivity index (χ4n) is 12.2. The first-order valence-electron chi connectivity index (χ1n) is 25.3. The molecule has 2 heterocycles. The van der Waals surface area contributed by atoms with Gasteiger partial charge in [0.15, 0.2) is 11.6 Å². The first-order chi connectivity index (χ1) is 36.7. The van der Waals surface area contributed by atoms with Crippen LogP contribution in [-0.2, 0) is 5.41 Å². The molecule has 0 aliphatic heterocycles. The lowest BCUT2D eigenvalue weighted by atomic mass is 9.70. The fraction of sp³-hybridized carbons (Fsp3) is 0.0143. The van der Waals surface area contributed by atoms with Crippen LogP contribution in [-0.4, -0.2) is 19.5 Å². The third kappa shape index (κ3) is 6.45. The minimum absolute atomic E-state index is 0.526. The van der Waals surface area contributed by atoms with Crippen LogP contribution in [0.5, 0.6) is 0 Å². The lowest BCUT2D eigenvalue weighted by Crippen LogP contribution is -2.25. The van der Waals surface area contributed by atoms with Crippen LogP contribution in [0.2, 0.25) is 0 Å². The lowest BCUT2D eigenvalue weighted by Gasteiger charge is -2.30. The van der Waals surface area contributed by atoms with Gasteiger partial charge in [0.05, 0.1) is 16.4 Å². The summed E-state index contributed by atoms with van der Waals surface area (Å²) in [6.45, 7) is 0. The SMILES string of the molecule is c1ccc(-c2cc(-c3ccccc3)cc(-c3nc(-c4cc(-c5ccccc5)cc(-c5ccccc5)c4)nc(-n4c5ccccc5c5cc6c(cc54)C4(c5ccccc5-c5ccccc54)c4ccccc4-6)n3)c2)cc1. The van der Waals surface area contributed by atoms with Crippen LogP contribution in [0.4, 0.5) is 0 Å². The molecule has 4 nitrogen and oxygen atoms in total. The zero-order valence-electron chi connectivity index (χ0n) is 40.2. The zero-order chi connectivity index (χ0) is 48.7. The van der Waals surface area contributed by atoms with Crippen molar-refractivity contribution in [2.75, 3.05) is 0 Å². The van der Waals surface area contributed by atoms with E-state index in [0.717, 1.165) is 77.4 Å². The summed E-state index contributed by atoms with van der Waals surface area (Å²) in [5.41, 5.74) is 22.3. The highest BCUT2D eigenvalue weighted by atomic mass is 15.2. The molecule has 0 amide bonds. The van der Waals surface area contributed by atoms with Crippen LogP contribution in [0.1, 0.15) is 22.3 Å². The molecular weight excluding hydrogens is 897 g/mol. The molecule has 15 rings (SSSR count). The lowest BCUT2D eigenvalue weighted by molar-refractivity contribution is 0.794. The summed E-state index contributed by atoms with van der Waals surface area (Å²) in [5, 5.41) is 2.28. The van der Waals surface area contributed by atoms with Gasteiger partial charge < -0.3 is 0 Å². The molecule has 0 saturated heterocycles. The molecule has 0 N–H and O–H groups in total. The van der Waals surface area contributed by atoms with Crippen LogP contribution >= 0.6 is 0 Å². The molecule has 2 aromatic heterocycles. The van der Waals surface area contributed by atoms with E-state index in [4.69, 9.17) is 15.0 Å². The van der Waals surface area contributed by atoms with Gasteiger partial charge in [-0.05, 0) is 144 Å². The third-order valence-electron chi connectivity index (χ3n) is 15.4. The third-order valence-corrected chi connectivity index (χ3v) is 15.4. The van der Waals surface area contributed by atoms with E-state index in [2.05, 4.69) is 271 Å². The van der Waals surface area contributed by atoms with E-state index in [1.807, 2.05) is 0 Å². The standard InChI is InChI=1S/C70H44N4/c1-5-21-45(22-6-1)49-37-50(46-23-7-2-8-24-46)40-53(39-49)67-71-68(54-41-51(47-25-9-3-10-26-47)38-52(42-54)48-27-11-4-12-28-48)73-69(72-67)74-65-36-20-16-32-58(65)60-43-59-57-31-15-19-35-63(57)70(64(59)44-66(60)74)61-33-17-13-29-55(61)56-30-14-18-34-62(56)70/h1-44H. The topological polar surface area (TPSA) is 43.6 Å². The maximum Gasteiger partial charge on any atom is 0.238 e. The van der Waals surface area contributed by atoms with E-state index < -0.39 is 5.41 Å². The number of aromatic nitrogens is 4. The Balaban J connectivity index is 1.04. The molecule has 11 aromatic carbocycles. The second-order valence-electron chi connectivity index (χ2n) is 19.5. The molecule has 344 valence electrons. The minimum Gasteiger partial charge on any atom is -0.278 e. The highest BCUT2D eigenvalue weighted by Crippen LogP contribution is 2.63. The fourth-order valence-corrected chi connectivity index (χ4v) is 12.2. The minimum atomic E-state index is -0.526. The smallest absolute Gasteiger partial charge is 0.238 e. The summed E-state index contributed by atoms with van der Waals surface area (Å²) < 4.78 is 2.29. The molecule has 2 aliphatic carbocycles. The molecule has 74 heavy (non-hydrogen) atoms. The Morgan fingerprint density at radius 1 is 0.243 bits per heavy atom. The molecule has 0 fully saturated rings. The van der Waals surface area contributed by atoms with Crippen LogP contribution in [0.25, 0.3) is 117 Å². The summed E-state index contributed by atoms with van der Waals surface area (Å²) in [6, 6.07) is 96.5. The Hall–Kier alpha value is -9.77. The Labute approximate surface area is 429 Å². The maximum atomic E-state index is 5.64. The van der Waals surface area contributed by atoms with Gasteiger partial charge in [-0.2, -0.15) is 9.97 Å². The van der Waals surface area contributed by atoms with Gasteiger partial charge in [-0.25, -0.2) is 4.98 Å². The second kappa shape index (κ2) is 16.7. The summed E-state index contributed by atoms with van der Waals surface area (Å²) in [5.74, 6) is 1.72. The molecular formula is C70H44N4. The van der Waals surface area contributed by atoms with Crippen molar-refractivity contribution in [3.63, 3.8) is 0 Å². The number of rotatable bonds is 7. The van der Waals surface area contributed by atoms with E-state index in [9.17, 15) is 0 Å². The van der Waals surface area contributed by atoms with Crippen molar-refractivity contribution >= 4 is 21.8 Å². The quantitative estimate of drug-likeness (QED) is 0.160. The van der Waals surface area contributed by atoms with Gasteiger partial charge in [-0.1, -0.05) is 212 Å². The predicted molar refractivity (Wildman–Crippen MR) is 303 cm³/mol. The number of hydrogen-bond donors (Lipinski definition) is 0. The van der Waals surface area contributed by atoms with Gasteiger partial charge in [-0.3, -0.25) is 4.57 Å². The molecule has 0 radical (unpaired) electrons. The van der Waals surface area contributed by atoms with Crippen molar-refractivity contribution in [3.8, 4) is 95.5 Å². The van der Waals surface area contributed by atoms with E-state index in [1.54, 1.807) is 0 Å². The van der Waals surface area contributed by atoms with Crippen LogP contribution in [0.15, 0.2) is 267 Å². The molecule has 0 unspecified atom stereocenters. The zero-order valence-corrected chi connectivity index (χ0v) is 40.2. The van der Waals surface area contributed by atoms with E-state index in [0.29, 0.717) is 17.6 Å². The van der Waals surface area contributed by atoms with Crippen molar-refractivity contribution < 1.29 is 0 Å². The Morgan fingerprint density at radius 2 is 0.608 bits per heavy atom. The van der Waals surface area contributed by atoms with Gasteiger partial charge in [0.2, 0.25) is 5.95 Å². The number of nitrogens with zero attached hydrogens (tertiary/aromatic N) is 4. The van der Waals surface area contributed by atoms with E-state index >= 15 is 0 Å². The maximum absolute atomic E-state index is 5.64. The number of fused-ring (bicyclic) bond motifs is 13. The molecule has 13 aromatic rings. The van der Waals surface area contributed by atoms with Crippen molar-refractivity contribution in [2.45, 2.75) is 5.41 Å². The molecule has 2 aliphatic rings. The molecule has 0 bridgehead atoms. The van der Waals surface area contributed by atoms with Crippen molar-refractivity contribution in [3.05, 3.63) is 289 Å². The highest BCUT2D eigenvalue weighted by Gasteiger charge is 2.51. The average molecular weight is 941 g/mol. The average Bonchev–Trinajstić information content (AvgIpc) is 4.12. The predicted octanol–water partition coefficient (Wildman–Crippen LogP) is 17.3.